The third-order valence-electron chi connectivity index (χ3n) is 2.46. The summed E-state index contributed by atoms with van der Waals surface area (Å²) in [5, 5.41) is 2.02. The number of benzene rings is 1. The number of halogens is 1. The molecule has 2 aromatic rings. The fourth-order valence-corrected chi connectivity index (χ4v) is 3.74. The van der Waals surface area contributed by atoms with E-state index in [4.69, 9.17) is 4.42 Å². The molecule has 0 saturated carbocycles. The Morgan fingerprint density at radius 1 is 1.50 bits per heavy atom. The molecule has 2 nitrogen and oxygen atoms in total. The smallest absolute Gasteiger partial charge is 0.393 e. The molecule has 1 atom stereocenters. The van der Waals surface area contributed by atoms with Crippen LogP contribution < -0.4 is 4.57 Å². The SMILES string of the molecule is BrCC1CSc2oc3ccccc3[n+]21. The van der Waals surface area contributed by atoms with Gasteiger partial charge in [0.1, 0.15) is 0 Å². The normalized spacial score (nSPS) is 20.2. The predicted molar refractivity (Wildman–Crippen MR) is 60.0 cm³/mol. The van der Waals surface area contributed by atoms with Gasteiger partial charge in [0, 0.05) is 6.07 Å². The van der Waals surface area contributed by atoms with Crippen LogP contribution in [0.2, 0.25) is 0 Å². The Kier molecular flexibility index (Phi) is 2.06. The van der Waals surface area contributed by atoms with Gasteiger partial charge in [0.25, 0.3) is 5.52 Å². The second kappa shape index (κ2) is 3.28. The molecule has 0 N–H and O–H groups in total. The lowest BCUT2D eigenvalue weighted by Crippen LogP contribution is -2.38. The predicted octanol–water partition coefficient (Wildman–Crippen LogP) is 2.76. The minimum Gasteiger partial charge on any atom is -0.393 e. The first-order valence-corrected chi connectivity index (χ1v) is 6.62. The quantitative estimate of drug-likeness (QED) is 0.586. The summed E-state index contributed by atoms with van der Waals surface area (Å²) in [6.45, 7) is 0. The molecule has 0 radical (unpaired) electrons. The average Bonchev–Trinajstić information content (AvgIpc) is 2.75. The number of thioether (sulfide) groups is 1. The Hall–Kier alpha value is -0.480. The van der Waals surface area contributed by atoms with Crippen molar-refractivity contribution in [2.24, 2.45) is 0 Å². The van der Waals surface area contributed by atoms with Crippen LogP contribution in [0.15, 0.2) is 33.9 Å². The van der Waals surface area contributed by atoms with E-state index in [9.17, 15) is 0 Å². The lowest BCUT2D eigenvalue weighted by molar-refractivity contribution is -0.726. The van der Waals surface area contributed by atoms with Crippen molar-refractivity contribution in [2.45, 2.75) is 11.3 Å². The molecule has 0 spiro atoms. The van der Waals surface area contributed by atoms with Crippen molar-refractivity contribution in [2.75, 3.05) is 11.1 Å². The standard InChI is InChI=1S/C10H9BrNOS/c11-5-7-6-14-10-12(7)8-3-1-2-4-9(8)13-10/h1-4,7H,5-6H2/q+1. The van der Waals surface area contributed by atoms with Crippen LogP contribution >= 0.6 is 27.7 Å². The topological polar surface area (TPSA) is 17.0 Å². The highest BCUT2D eigenvalue weighted by Crippen LogP contribution is 2.31. The molecule has 0 fully saturated rings. The van der Waals surface area contributed by atoms with Crippen molar-refractivity contribution in [3.05, 3.63) is 24.3 Å². The van der Waals surface area contributed by atoms with Crippen LogP contribution in [0.25, 0.3) is 11.1 Å². The van der Waals surface area contributed by atoms with Crippen LogP contribution in [0, 0.1) is 0 Å². The van der Waals surface area contributed by atoms with E-state index in [0.717, 1.165) is 21.9 Å². The molecular weight excluding hydrogens is 262 g/mol. The lowest BCUT2D eigenvalue weighted by Gasteiger charge is -1.96. The van der Waals surface area contributed by atoms with Gasteiger partial charge in [-0.05, 0) is 17.8 Å². The van der Waals surface area contributed by atoms with Gasteiger partial charge in [-0.15, -0.1) is 4.57 Å². The summed E-state index contributed by atoms with van der Waals surface area (Å²) in [6, 6.07) is 8.73. The van der Waals surface area contributed by atoms with E-state index in [1.54, 1.807) is 11.8 Å². The first kappa shape index (κ1) is 8.80. The van der Waals surface area contributed by atoms with Gasteiger partial charge in [-0.25, -0.2) is 0 Å². The van der Waals surface area contributed by atoms with E-state index in [1.807, 2.05) is 12.1 Å². The van der Waals surface area contributed by atoms with Crippen molar-refractivity contribution < 1.29 is 8.98 Å². The van der Waals surface area contributed by atoms with Crippen molar-refractivity contribution in [1.82, 2.24) is 0 Å². The molecule has 1 aromatic heterocycles. The van der Waals surface area contributed by atoms with Crippen molar-refractivity contribution >= 4 is 38.8 Å². The number of rotatable bonds is 1. The minimum atomic E-state index is 0.527. The van der Waals surface area contributed by atoms with Crippen LogP contribution in [-0.4, -0.2) is 11.1 Å². The molecule has 2 heterocycles. The molecule has 0 amide bonds. The first-order chi connectivity index (χ1) is 6.90. The zero-order valence-corrected chi connectivity index (χ0v) is 9.85. The van der Waals surface area contributed by atoms with Crippen LogP contribution in [-0.2, 0) is 0 Å². The number of aromatic nitrogens is 1. The number of hydrogen-bond donors (Lipinski definition) is 0. The molecular formula is C10H9BrNOS+. The lowest BCUT2D eigenvalue weighted by atomic mass is 10.3. The van der Waals surface area contributed by atoms with E-state index < -0.39 is 0 Å². The third kappa shape index (κ3) is 1.13. The maximum Gasteiger partial charge on any atom is 0.412 e. The van der Waals surface area contributed by atoms with Gasteiger partial charge >= 0.3 is 5.22 Å². The molecule has 1 aromatic carbocycles. The number of fused-ring (bicyclic) bond motifs is 3. The number of oxazole rings is 1. The molecule has 4 heteroatoms. The van der Waals surface area contributed by atoms with E-state index >= 15 is 0 Å². The fraction of sp³-hybridized carbons (Fsp3) is 0.300. The zero-order valence-electron chi connectivity index (χ0n) is 7.44. The molecule has 72 valence electrons. The van der Waals surface area contributed by atoms with Gasteiger partial charge in [-0.1, -0.05) is 28.1 Å². The summed E-state index contributed by atoms with van der Waals surface area (Å²) in [7, 11) is 0. The maximum absolute atomic E-state index is 5.75. The first-order valence-electron chi connectivity index (χ1n) is 4.52. The Balaban J connectivity index is 2.29. The Morgan fingerprint density at radius 3 is 3.21 bits per heavy atom. The van der Waals surface area contributed by atoms with Gasteiger partial charge in [-0.2, -0.15) is 0 Å². The third-order valence-corrected chi connectivity index (χ3v) is 4.29. The number of para-hydroxylation sites is 2. The van der Waals surface area contributed by atoms with Gasteiger partial charge in [0.05, 0.1) is 11.1 Å². The van der Waals surface area contributed by atoms with E-state index in [2.05, 4.69) is 32.6 Å². The highest BCUT2D eigenvalue weighted by Gasteiger charge is 2.37. The monoisotopic (exact) mass is 270 g/mol. The van der Waals surface area contributed by atoms with Crippen molar-refractivity contribution in [1.29, 1.82) is 0 Å². The largest absolute Gasteiger partial charge is 0.412 e. The summed E-state index contributed by atoms with van der Waals surface area (Å²) < 4.78 is 8.03. The molecule has 0 saturated heterocycles. The van der Waals surface area contributed by atoms with Gasteiger partial charge in [0.15, 0.2) is 6.04 Å². The molecule has 1 unspecified atom stereocenters. The van der Waals surface area contributed by atoms with Gasteiger partial charge in [0.2, 0.25) is 5.58 Å². The van der Waals surface area contributed by atoms with Gasteiger partial charge < -0.3 is 4.42 Å². The molecule has 0 bridgehead atoms. The second-order valence-corrected chi connectivity index (χ2v) is 4.94. The maximum atomic E-state index is 5.75. The van der Waals surface area contributed by atoms with E-state index in [-0.39, 0.29) is 0 Å². The van der Waals surface area contributed by atoms with Gasteiger partial charge in [-0.3, -0.25) is 0 Å². The highest BCUT2D eigenvalue weighted by molar-refractivity contribution is 9.09. The van der Waals surface area contributed by atoms with Crippen molar-refractivity contribution in [3.63, 3.8) is 0 Å². The number of alkyl halides is 1. The molecule has 1 aliphatic rings. The molecule has 3 rings (SSSR count). The van der Waals surface area contributed by atoms with Crippen LogP contribution in [0.3, 0.4) is 0 Å². The van der Waals surface area contributed by atoms with E-state index in [1.165, 1.54) is 5.52 Å². The second-order valence-electron chi connectivity index (χ2n) is 3.32. The van der Waals surface area contributed by atoms with E-state index in [0.29, 0.717) is 6.04 Å². The number of hydrogen-bond acceptors (Lipinski definition) is 2. The van der Waals surface area contributed by atoms with Crippen LogP contribution in [0.4, 0.5) is 0 Å². The highest BCUT2D eigenvalue weighted by atomic mass is 79.9. The Labute approximate surface area is 94.4 Å². The summed E-state index contributed by atoms with van der Waals surface area (Å²) in [5.74, 6) is 1.11. The Bertz CT molecular complexity index is 482. The summed E-state index contributed by atoms with van der Waals surface area (Å²) >= 11 is 5.33. The fourth-order valence-electron chi connectivity index (χ4n) is 1.78. The minimum absolute atomic E-state index is 0.527. The Morgan fingerprint density at radius 2 is 2.36 bits per heavy atom. The summed E-state index contributed by atoms with van der Waals surface area (Å²) in [4.78, 5) is 0. The summed E-state index contributed by atoms with van der Waals surface area (Å²) in [6.07, 6.45) is 0. The molecule has 0 aliphatic carbocycles. The summed E-state index contributed by atoms with van der Waals surface area (Å²) in [5.41, 5.74) is 2.19. The molecule has 14 heavy (non-hydrogen) atoms. The van der Waals surface area contributed by atoms with Crippen molar-refractivity contribution in [3.8, 4) is 0 Å². The molecule has 1 aliphatic heterocycles. The zero-order chi connectivity index (χ0) is 9.54. The number of nitrogens with zero attached hydrogens (tertiary/aromatic N) is 1. The average molecular weight is 271 g/mol. The van der Waals surface area contributed by atoms with Crippen LogP contribution in [0.1, 0.15) is 6.04 Å². The van der Waals surface area contributed by atoms with Crippen LogP contribution in [0.5, 0.6) is 0 Å².